The van der Waals surface area contributed by atoms with E-state index in [4.69, 9.17) is 11.6 Å². The van der Waals surface area contributed by atoms with Crippen molar-refractivity contribution in [3.8, 4) is 0 Å². The van der Waals surface area contributed by atoms with Gasteiger partial charge in [0.15, 0.2) is 0 Å². The lowest BCUT2D eigenvalue weighted by molar-refractivity contribution is 0.709. The molecule has 1 aromatic carbocycles. The Morgan fingerprint density at radius 3 is 2.95 bits per heavy atom. The van der Waals surface area contributed by atoms with Gasteiger partial charge in [0.1, 0.15) is 0 Å². The quantitative estimate of drug-likeness (QED) is 0.730. The van der Waals surface area contributed by atoms with E-state index in [9.17, 15) is 0 Å². The summed E-state index contributed by atoms with van der Waals surface area (Å²) in [5, 5.41) is 6.49. The van der Waals surface area contributed by atoms with E-state index in [1.807, 2.05) is 11.8 Å². The molecular formula is C15H15BrClNS2. The molecule has 0 fully saturated rings. The van der Waals surface area contributed by atoms with E-state index < -0.39 is 0 Å². The molecule has 0 radical (unpaired) electrons. The van der Waals surface area contributed by atoms with E-state index in [2.05, 4.69) is 44.8 Å². The molecule has 3 rings (SSSR count). The Balaban J connectivity index is 1.84. The normalized spacial score (nSPS) is 14.9. The van der Waals surface area contributed by atoms with Gasteiger partial charge in [0, 0.05) is 25.4 Å². The molecule has 0 amide bonds. The Morgan fingerprint density at radius 1 is 1.30 bits per heavy atom. The predicted molar refractivity (Wildman–Crippen MR) is 93.3 cm³/mol. The minimum atomic E-state index is 0.895. The van der Waals surface area contributed by atoms with Gasteiger partial charge in [0.2, 0.25) is 0 Å². The van der Waals surface area contributed by atoms with Gasteiger partial charge in [-0.05, 0) is 65.1 Å². The molecule has 0 unspecified atom stereocenters. The van der Waals surface area contributed by atoms with Gasteiger partial charge in [-0.3, -0.25) is 0 Å². The lowest BCUT2D eigenvalue weighted by atomic mass is 10.0. The van der Waals surface area contributed by atoms with Crippen LogP contribution in [0.1, 0.15) is 16.0 Å². The first kappa shape index (κ1) is 14.9. The molecule has 106 valence electrons. The van der Waals surface area contributed by atoms with E-state index in [1.165, 1.54) is 25.4 Å². The minimum Gasteiger partial charge on any atom is -0.316 e. The number of thioether (sulfide) groups is 1. The average molecular weight is 389 g/mol. The van der Waals surface area contributed by atoms with Crippen molar-refractivity contribution in [2.75, 3.05) is 13.1 Å². The molecule has 1 aliphatic heterocycles. The van der Waals surface area contributed by atoms with Crippen LogP contribution >= 0.6 is 50.6 Å². The first-order valence-corrected chi connectivity index (χ1v) is 9.64. The number of rotatable bonds is 3. The van der Waals surface area contributed by atoms with Crippen LogP contribution in [0, 0.1) is 0 Å². The topological polar surface area (TPSA) is 12.0 Å². The van der Waals surface area contributed by atoms with Gasteiger partial charge in [-0.2, -0.15) is 0 Å². The Labute approximate surface area is 141 Å². The Bertz CT molecular complexity index is 612. The zero-order chi connectivity index (χ0) is 13.9. The second-order valence-corrected chi connectivity index (χ2v) is 8.09. The molecule has 2 heterocycles. The van der Waals surface area contributed by atoms with Crippen molar-refractivity contribution in [1.82, 2.24) is 5.32 Å². The summed E-state index contributed by atoms with van der Waals surface area (Å²) in [4.78, 5) is 2.65. The number of thiophene rings is 1. The van der Waals surface area contributed by atoms with Crippen LogP contribution in [0.5, 0.6) is 0 Å². The predicted octanol–water partition coefficient (Wildman–Crippen LogP) is 5.14. The summed E-state index contributed by atoms with van der Waals surface area (Å²) in [5.74, 6) is 0.986. The van der Waals surface area contributed by atoms with Gasteiger partial charge >= 0.3 is 0 Å². The molecule has 0 saturated carbocycles. The number of fused-ring (bicyclic) bond motifs is 1. The lowest BCUT2D eigenvalue weighted by Gasteiger charge is -2.13. The zero-order valence-corrected chi connectivity index (χ0v) is 14.9. The van der Waals surface area contributed by atoms with Crippen molar-refractivity contribution in [3.63, 3.8) is 0 Å². The van der Waals surface area contributed by atoms with Gasteiger partial charge < -0.3 is 5.32 Å². The van der Waals surface area contributed by atoms with Gasteiger partial charge in [-0.25, -0.2) is 0 Å². The molecule has 0 aliphatic carbocycles. The Morgan fingerprint density at radius 2 is 2.15 bits per heavy atom. The van der Waals surface area contributed by atoms with Crippen LogP contribution in [0.2, 0.25) is 5.02 Å². The molecule has 0 spiro atoms. The maximum absolute atomic E-state index is 6.44. The standard InChI is InChI=1S/C15H15BrClNS2/c16-11-7-12(19-8-11)9-20-15-13-4-6-18-5-3-10(13)1-2-14(15)17/h1-2,7-8,18H,3-6,9H2. The molecule has 2 aromatic rings. The molecule has 0 saturated heterocycles. The third-order valence-corrected chi connectivity index (χ3v) is 6.93. The summed E-state index contributed by atoms with van der Waals surface area (Å²) in [6, 6.07) is 6.43. The van der Waals surface area contributed by atoms with Crippen molar-refractivity contribution in [3.05, 3.63) is 49.1 Å². The molecule has 1 aliphatic rings. The van der Waals surface area contributed by atoms with Crippen LogP contribution in [-0.4, -0.2) is 13.1 Å². The second-order valence-electron chi connectivity index (χ2n) is 4.78. The maximum atomic E-state index is 6.44. The smallest absolute Gasteiger partial charge is 0.0544 e. The number of benzene rings is 1. The van der Waals surface area contributed by atoms with E-state index in [-0.39, 0.29) is 0 Å². The average Bonchev–Trinajstić information content (AvgIpc) is 2.71. The highest BCUT2D eigenvalue weighted by Gasteiger charge is 2.15. The fraction of sp³-hybridized carbons (Fsp3) is 0.333. The lowest BCUT2D eigenvalue weighted by Crippen LogP contribution is -2.16. The Hall–Kier alpha value is -0.0000000000000000486. The third-order valence-electron chi connectivity index (χ3n) is 3.41. The number of hydrogen-bond acceptors (Lipinski definition) is 3. The van der Waals surface area contributed by atoms with Crippen LogP contribution in [0.25, 0.3) is 0 Å². The van der Waals surface area contributed by atoms with Gasteiger partial charge in [-0.15, -0.1) is 23.1 Å². The van der Waals surface area contributed by atoms with Crippen molar-refractivity contribution in [1.29, 1.82) is 0 Å². The summed E-state index contributed by atoms with van der Waals surface area (Å²) in [5.41, 5.74) is 2.90. The van der Waals surface area contributed by atoms with Crippen LogP contribution in [0.15, 0.2) is 32.9 Å². The van der Waals surface area contributed by atoms with Crippen LogP contribution in [0.4, 0.5) is 0 Å². The Kier molecular flexibility index (Phi) is 5.10. The van der Waals surface area contributed by atoms with Gasteiger partial charge in [-0.1, -0.05) is 17.7 Å². The summed E-state index contributed by atoms with van der Waals surface area (Å²) in [6.07, 6.45) is 2.18. The van der Waals surface area contributed by atoms with Crippen molar-refractivity contribution in [2.24, 2.45) is 0 Å². The van der Waals surface area contributed by atoms with Crippen LogP contribution in [-0.2, 0) is 18.6 Å². The molecular weight excluding hydrogens is 374 g/mol. The summed E-state index contributed by atoms with van der Waals surface area (Å²) < 4.78 is 1.17. The molecule has 0 bridgehead atoms. The van der Waals surface area contributed by atoms with Crippen LogP contribution in [0.3, 0.4) is 0 Å². The fourth-order valence-electron chi connectivity index (χ4n) is 2.44. The zero-order valence-electron chi connectivity index (χ0n) is 10.9. The van der Waals surface area contributed by atoms with Gasteiger partial charge in [0.05, 0.1) is 5.02 Å². The van der Waals surface area contributed by atoms with Gasteiger partial charge in [0.25, 0.3) is 0 Å². The first-order chi connectivity index (χ1) is 9.74. The maximum Gasteiger partial charge on any atom is 0.0544 e. The van der Waals surface area contributed by atoms with Crippen molar-refractivity contribution in [2.45, 2.75) is 23.5 Å². The monoisotopic (exact) mass is 387 g/mol. The number of halogens is 2. The van der Waals surface area contributed by atoms with Crippen molar-refractivity contribution >= 4 is 50.6 Å². The summed E-state index contributed by atoms with van der Waals surface area (Å²) in [6.45, 7) is 2.11. The first-order valence-electron chi connectivity index (χ1n) is 6.61. The molecule has 1 aromatic heterocycles. The third kappa shape index (κ3) is 3.42. The highest BCUT2D eigenvalue weighted by Crippen LogP contribution is 2.37. The molecule has 1 N–H and O–H groups in total. The fourth-order valence-corrected chi connectivity index (χ4v) is 5.45. The van der Waals surface area contributed by atoms with Crippen LogP contribution < -0.4 is 5.32 Å². The van der Waals surface area contributed by atoms with Crippen molar-refractivity contribution < 1.29 is 0 Å². The molecule has 0 atom stereocenters. The highest BCUT2D eigenvalue weighted by molar-refractivity contribution is 9.10. The molecule has 20 heavy (non-hydrogen) atoms. The second kappa shape index (κ2) is 6.84. The highest BCUT2D eigenvalue weighted by atomic mass is 79.9. The SMILES string of the molecule is Clc1ccc2c(c1SCc1cc(Br)cs1)CCNCC2. The molecule has 5 heteroatoms. The summed E-state index contributed by atoms with van der Waals surface area (Å²) in [7, 11) is 0. The summed E-state index contributed by atoms with van der Waals surface area (Å²) >= 11 is 13.6. The van der Waals surface area contributed by atoms with E-state index >= 15 is 0 Å². The van der Waals surface area contributed by atoms with E-state index in [0.717, 1.165) is 36.7 Å². The largest absolute Gasteiger partial charge is 0.316 e. The van der Waals surface area contributed by atoms with E-state index in [0.29, 0.717) is 0 Å². The van der Waals surface area contributed by atoms with E-state index in [1.54, 1.807) is 11.3 Å². The minimum absolute atomic E-state index is 0.895. The number of nitrogens with one attached hydrogen (secondary N) is 1. The number of hydrogen-bond donors (Lipinski definition) is 1. The molecule has 1 nitrogen and oxygen atoms in total.